The second-order valence-corrected chi connectivity index (χ2v) is 19.3. The lowest BCUT2D eigenvalue weighted by Gasteiger charge is -2.43. The van der Waals surface area contributed by atoms with Crippen LogP contribution in [0.5, 0.6) is 11.5 Å². The number of carbonyl (C=O) groups is 1. The number of thiophene rings is 1. The second kappa shape index (κ2) is 14.3. The third kappa shape index (κ3) is 6.53. The van der Waals surface area contributed by atoms with Gasteiger partial charge in [0.25, 0.3) is 0 Å². The quantitative estimate of drug-likeness (QED) is 0.102. The number of esters is 1. The summed E-state index contributed by atoms with van der Waals surface area (Å²) in [5.41, 5.74) is 4.10. The number of carbonyl (C=O) groups excluding carboxylic acids is 1. The number of aromatic nitrogens is 4. The molecule has 1 atom stereocenters. The minimum Gasteiger partial charge on any atom is -0.533 e. The van der Waals surface area contributed by atoms with E-state index in [0.29, 0.717) is 11.4 Å². The molecule has 7 rings (SSSR count). The highest BCUT2D eigenvalue weighted by atomic mass is 35.5. The zero-order valence-corrected chi connectivity index (χ0v) is 32.7. The zero-order chi connectivity index (χ0) is 37.5. The molecule has 1 unspecified atom stereocenters. The van der Waals surface area contributed by atoms with Crippen LogP contribution in [0.25, 0.3) is 27.8 Å². The van der Waals surface area contributed by atoms with E-state index in [1.807, 2.05) is 72.4 Å². The smallest absolute Gasteiger partial charge is 0.351 e. The van der Waals surface area contributed by atoms with Gasteiger partial charge in [-0.25, -0.2) is 14.2 Å². The van der Waals surface area contributed by atoms with Crippen LogP contribution in [0.3, 0.4) is 0 Å². The van der Waals surface area contributed by atoms with Crippen molar-refractivity contribution in [1.82, 2.24) is 19.3 Å². The van der Waals surface area contributed by atoms with E-state index in [1.54, 1.807) is 35.6 Å². The maximum atomic E-state index is 16.0. The molecule has 3 heterocycles. The van der Waals surface area contributed by atoms with Crippen LogP contribution in [0.2, 0.25) is 10.1 Å². The van der Waals surface area contributed by atoms with Gasteiger partial charge < -0.3 is 13.9 Å². The lowest BCUT2D eigenvalue weighted by molar-refractivity contribution is 0.0599. The highest BCUT2D eigenvalue weighted by Gasteiger charge is 2.52. The molecular weight excluding hydrogens is 727 g/mol. The van der Waals surface area contributed by atoms with Crippen molar-refractivity contribution in [2.75, 3.05) is 7.11 Å². The van der Waals surface area contributed by atoms with Crippen LogP contribution in [-0.4, -0.2) is 40.7 Å². The van der Waals surface area contributed by atoms with Gasteiger partial charge in [-0.2, -0.15) is 5.10 Å². The normalized spacial score (nSPS) is 12.5. The molecule has 3 aromatic heterocycles. The van der Waals surface area contributed by atoms with E-state index < -0.39 is 26.2 Å². The lowest BCUT2D eigenvalue weighted by atomic mass is 10.1. The maximum absolute atomic E-state index is 16.0. The van der Waals surface area contributed by atoms with Crippen LogP contribution < -0.4 is 19.5 Å². The average molecular weight is 765 g/mol. The van der Waals surface area contributed by atoms with Gasteiger partial charge in [0.05, 0.1) is 34.9 Å². The third-order valence-corrected chi connectivity index (χ3v) is 15.7. The van der Waals surface area contributed by atoms with Gasteiger partial charge in [0.15, 0.2) is 10.6 Å². The van der Waals surface area contributed by atoms with Crippen LogP contribution in [0.4, 0.5) is 4.39 Å². The molecule has 0 fully saturated rings. The van der Waals surface area contributed by atoms with Gasteiger partial charge in [0.1, 0.15) is 29.7 Å². The molecule has 8 nitrogen and oxygen atoms in total. The van der Waals surface area contributed by atoms with Gasteiger partial charge >= 0.3 is 14.3 Å². The van der Waals surface area contributed by atoms with Gasteiger partial charge in [0, 0.05) is 24.2 Å². The van der Waals surface area contributed by atoms with Crippen LogP contribution in [0.15, 0.2) is 115 Å². The van der Waals surface area contributed by atoms with E-state index in [9.17, 15) is 4.79 Å². The summed E-state index contributed by atoms with van der Waals surface area (Å²) in [6.07, 6.45) is 4.45. The maximum Gasteiger partial charge on any atom is 0.351 e. The Bertz CT molecular complexity index is 2380. The Balaban J connectivity index is 1.29. The van der Waals surface area contributed by atoms with Crippen molar-refractivity contribution in [2.45, 2.75) is 38.8 Å². The summed E-state index contributed by atoms with van der Waals surface area (Å²) < 4.78 is 38.5. The van der Waals surface area contributed by atoms with E-state index in [-0.39, 0.29) is 26.3 Å². The Morgan fingerprint density at radius 3 is 2.25 bits per heavy atom. The zero-order valence-electron chi connectivity index (χ0n) is 30.1. The van der Waals surface area contributed by atoms with E-state index in [2.05, 4.69) is 55.1 Å². The molecule has 12 heteroatoms. The second-order valence-electron chi connectivity index (χ2n) is 13.8. The van der Waals surface area contributed by atoms with Crippen LogP contribution in [-0.2, 0) is 11.8 Å². The van der Waals surface area contributed by atoms with E-state index in [1.165, 1.54) is 24.5 Å². The topological polar surface area (TPSA) is 80.4 Å². The molecule has 0 aliphatic heterocycles. The Morgan fingerprint density at radius 1 is 0.962 bits per heavy atom. The summed E-state index contributed by atoms with van der Waals surface area (Å²) in [5.74, 6) is -0.581. The summed E-state index contributed by atoms with van der Waals surface area (Å²) in [4.78, 5) is 18.0. The van der Waals surface area contributed by atoms with Gasteiger partial charge in [-0.05, 0) is 52.2 Å². The van der Waals surface area contributed by atoms with Crippen molar-refractivity contribution in [3.63, 3.8) is 0 Å². The minimum absolute atomic E-state index is 0.0953. The molecule has 270 valence electrons. The highest BCUT2D eigenvalue weighted by molar-refractivity contribution is 7.12. The number of benzene rings is 4. The first kappa shape index (κ1) is 36.1. The Hall–Kier alpha value is -5.23. The minimum atomic E-state index is -3.11. The van der Waals surface area contributed by atoms with Gasteiger partial charge in [-0.3, -0.25) is 9.25 Å². The van der Waals surface area contributed by atoms with E-state index in [4.69, 9.17) is 25.5 Å². The molecule has 0 amide bonds. The summed E-state index contributed by atoms with van der Waals surface area (Å²) in [6.45, 7) is 8.19. The number of imidazole rings is 1. The molecule has 0 spiro atoms. The molecule has 53 heavy (non-hydrogen) atoms. The number of nitrogens with zero attached hydrogens (tertiary/aromatic N) is 4. The third-order valence-electron chi connectivity index (χ3n) is 9.42. The Labute approximate surface area is 317 Å². The van der Waals surface area contributed by atoms with E-state index in [0.717, 1.165) is 32.5 Å². The molecule has 7 aromatic rings. The fraction of sp³-hybridized carbons (Fsp3) is 0.195. The van der Waals surface area contributed by atoms with Crippen molar-refractivity contribution in [2.24, 2.45) is 7.05 Å². The molecule has 0 N–H and O–H groups in total. The van der Waals surface area contributed by atoms with Crippen molar-refractivity contribution >= 4 is 58.6 Å². The summed E-state index contributed by atoms with van der Waals surface area (Å²) >= 11 is 8.33. The lowest BCUT2D eigenvalue weighted by Crippen LogP contribution is -2.68. The van der Waals surface area contributed by atoms with Crippen molar-refractivity contribution in [1.29, 1.82) is 0 Å². The van der Waals surface area contributed by atoms with Gasteiger partial charge in [-0.15, -0.1) is 11.3 Å². The van der Waals surface area contributed by atoms with Crippen molar-refractivity contribution in [3.05, 3.63) is 136 Å². The predicted molar refractivity (Wildman–Crippen MR) is 211 cm³/mol. The molecule has 4 aromatic carbocycles. The molecule has 0 bridgehead atoms. The first-order valence-electron chi connectivity index (χ1n) is 17.0. The van der Waals surface area contributed by atoms with E-state index >= 15 is 4.39 Å². The number of hydrogen-bond acceptors (Lipinski definition) is 7. The number of ether oxygens (including phenoxy) is 2. The molecule has 0 radical (unpaired) electrons. The monoisotopic (exact) mass is 764 g/mol. The van der Waals surface area contributed by atoms with Crippen LogP contribution in [0.1, 0.15) is 49.0 Å². The Morgan fingerprint density at radius 2 is 1.64 bits per heavy atom. The molecule has 0 aliphatic carbocycles. The van der Waals surface area contributed by atoms with Gasteiger partial charge in [0.2, 0.25) is 0 Å². The summed E-state index contributed by atoms with van der Waals surface area (Å²) in [5, 5.41) is 7.92. The number of halogens is 2. The highest BCUT2D eigenvalue weighted by Crippen LogP contribution is 2.44. The SMILES string of the molecule is COC(=O)c1scc(-n2cnc3cc(-c4cnn(C)c4)ccc32)c1OC(C)c1c(F)ccc(O[Si](c2ccccc2)(c2ccccc2)C(C)(C)C)c1Cl. The number of hydrogen-bond donors (Lipinski definition) is 0. The number of methoxy groups -OCH3 is 1. The average Bonchev–Trinajstić information content (AvgIpc) is 3.89. The fourth-order valence-corrected chi connectivity index (χ4v) is 12.6. The first-order chi connectivity index (χ1) is 25.4. The van der Waals surface area contributed by atoms with Crippen molar-refractivity contribution in [3.8, 4) is 28.3 Å². The predicted octanol–water partition coefficient (Wildman–Crippen LogP) is 9.15. The standard InChI is InChI=1S/C41H38ClFN4O4SSi/c1-26(36-31(43)18-20-35(37(36)42)51-53(41(2,3)4,29-13-9-7-10-14-29)30-15-11-8-12-16-30)50-38-34(24-52-39(38)40(48)49-6)47-25-44-32-21-27(17-19-33(32)47)28-22-45-46(5)23-28/h7-26H,1-6H3. The molecular formula is C41H38ClFN4O4SSi. The van der Waals surface area contributed by atoms with Gasteiger partial charge in [-0.1, -0.05) is 99.1 Å². The van der Waals surface area contributed by atoms with Crippen molar-refractivity contribution < 1.29 is 23.1 Å². The fourth-order valence-electron chi connectivity index (χ4n) is 6.86. The largest absolute Gasteiger partial charge is 0.533 e. The molecule has 0 aliphatic rings. The Kier molecular flexibility index (Phi) is 9.75. The van der Waals surface area contributed by atoms with Crippen LogP contribution >= 0.6 is 22.9 Å². The summed E-state index contributed by atoms with van der Waals surface area (Å²) in [6, 6.07) is 29.2. The number of aryl methyl sites for hydroxylation is 1. The van der Waals surface area contributed by atoms with Crippen LogP contribution in [0, 0.1) is 5.82 Å². The molecule has 0 saturated heterocycles. The molecule has 0 saturated carbocycles. The number of rotatable bonds is 10. The first-order valence-corrected chi connectivity index (χ1v) is 20.2. The number of fused-ring (bicyclic) bond motifs is 1. The summed E-state index contributed by atoms with van der Waals surface area (Å²) in [7, 11) is 0.0706.